The van der Waals surface area contributed by atoms with E-state index < -0.39 is 12.0 Å². The molecule has 1 saturated heterocycles. The van der Waals surface area contributed by atoms with E-state index in [1.54, 1.807) is 36.1 Å². The van der Waals surface area contributed by atoms with Crippen molar-refractivity contribution in [1.29, 1.82) is 0 Å². The molecule has 1 aromatic heterocycles. The summed E-state index contributed by atoms with van der Waals surface area (Å²) in [7, 11) is 0. The summed E-state index contributed by atoms with van der Waals surface area (Å²) < 4.78 is 5.04. The van der Waals surface area contributed by atoms with Gasteiger partial charge in [0.2, 0.25) is 5.91 Å². The zero-order valence-corrected chi connectivity index (χ0v) is 23.0. The minimum absolute atomic E-state index is 0.0834. The lowest BCUT2D eigenvalue weighted by Gasteiger charge is -2.38. The van der Waals surface area contributed by atoms with Crippen molar-refractivity contribution in [3.63, 3.8) is 0 Å². The summed E-state index contributed by atoms with van der Waals surface area (Å²) in [6.07, 6.45) is 7.68. The number of aromatic nitrogens is 1. The van der Waals surface area contributed by atoms with Crippen LogP contribution in [0.5, 0.6) is 0 Å². The molecule has 0 bridgehead atoms. The third-order valence-electron chi connectivity index (χ3n) is 8.43. The first-order valence-corrected chi connectivity index (χ1v) is 14.4. The number of urea groups is 1. The van der Waals surface area contributed by atoms with Crippen molar-refractivity contribution in [3.05, 3.63) is 65.9 Å². The molecule has 2 heterocycles. The van der Waals surface area contributed by atoms with Crippen LogP contribution in [-0.4, -0.2) is 59.6 Å². The average molecular weight is 546 g/mol. The number of aromatic amines is 1. The Morgan fingerprint density at radius 2 is 1.77 bits per heavy atom. The normalized spacial score (nSPS) is 20.7. The summed E-state index contributed by atoms with van der Waals surface area (Å²) in [6.45, 7) is 3.11. The predicted molar refractivity (Wildman–Crippen MR) is 155 cm³/mol. The molecule has 1 saturated carbocycles. The number of H-pyrrole nitrogens is 1. The third-order valence-corrected chi connectivity index (χ3v) is 8.43. The Morgan fingerprint density at radius 1 is 1.02 bits per heavy atom. The first kappa shape index (κ1) is 27.7. The first-order chi connectivity index (χ1) is 19.4. The van der Waals surface area contributed by atoms with Crippen molar-refractivity contribution in [2.24, 2.45) is 11.7 Å². The van der Waals surface area contributed by atoms with Gasteiger partial charge in [-0.25, -0.2) is 9.59 Å². The molecule has 2 aromatic carbocycles. The molecule has 1 aliphatic heterocycles. The lowest BCUT2D eigenvalue weighted by Crippen LogP contribution is -2.54. The fourth-order valence-corrected chi connectivity index (χ4v) is 6.28. The molecular weight excluding hydrogens is 506 g/mol. The van der Waals surface area contributed by atoms with E-state index >= 15 is 0 Å². The molecule has 1 aliphatic carbocycles. The number of primary amides is 1. The van der Waals surface area contributed by atoms with Gasteiger partial charge in [-0.1, -0.05) is 24.3 Å². The topological polar surface area (TPSA) is 130 Å². The van der Waals surface area contributed by atoms with Crippen molar-refractivity contribution >= 4 is 34.5 Å². The van der Waals surface area contributed by atoms with E-state index in [1.807, 2.05) is 0 Å². The number of carbonyl (C=O) groups excluding carboxylic acids is 3. The van der Waals surface area contributed by atoms with Gasteiger partial charge < -0.3 is 31.0 Å². The highest BCUT2D eigenvalue weighted by Gasteiger charge is 2.34. The number of likely N-dealkylation sites (tertiary alicyclic amines) is 1. The third kappa shape index (κ3) is 6.31. The Hall–Kier alpha value is -3.85. The largest absolute Gasteiger partial charge is 0.462 e. The number of hydrogen-bond acceptors (Lipinski definition) is 5. The van der Waals surface area contributed by atoms with Crippen LogP contribution in [-0.2, 0) is 9.53 Å². The van der Waals surface area contributed by atoms with Crippen LogP contribution < -0.4 is 16.4 Å². The second kappa shape index (κ2) is 12.6. The Kier molecular flexibility index (Phi) is 8.69. The number of nitrogens with two attached hydrogens (primary N) is 1. The van der Waals surface area contributed by atoms with Gasteiger partial charge in [-0.2, -0.15) is 0 Å². The molecule has 5 N–H and O–H groups in total. The standard InChI is InChI=1S/C31H39N5O4/c1-2-40-30(38)22-6-5-7-24(18-22)35-31(39)36-16-14-21(15-17-36)28(29(32)37)34-23-12-10-20(11-13-23)26-19-33-27-9-4-3-8-25(26)27/h3-9,18-21,23,28,33-34H,2,10-17H2,1H3,(H2,32,37)(H,35,39). The van der Waals surface area contributed by atoms with E-state index in [-0.39, 0.29) is 30.5 Å². The number of nitrogens with zero attached hydrogens (tertiary/aromatic N) is 1. The minimum Gasteiger partial charge on any atom is -0.462 e. The van der Waals surface area contributed by atoms with E-state index in [4.69, 9.17) is 10.5 Å². The fraction of sp³-hybridized carbons (Fsp3) is 0.452. The van der Waals surface area contributed by atoms with Gasteiger partial charge in [0.05, 0.1) is 18.2 Å². The predicted octanol–water partition coefficient (Wildman–Crippen LogP) is 4.76. The molecule has 2 aliphatic rings. The number of benzene rings is 2. The van der Waals surface area contributed by atoms with Crippen LogP contribution in [0, 0.1) is 5.92 Å². The number of amides is 3. The molecule has 1 atom stereocenters. The molecule has 212 valence electrons. The lowest BCUT2D eigenvalue weighted by atomic mass is 9.80. The molecular formula is C31H39N5O4. The Labute approximate surface area is 234 Å². The smallest absolute Gasteiger partial charge is 0.338 e. The zero-order valence-electron chi connectivity index (χ0n) is 23.0. The van der Waals surface area contributed by atoms with E-state index in [2.05, 4.69) is 46.1 Å². The van der Waals surface area contributed by atoms with Crippen LogP contribution in [0.1, 0.15) is 67.3 Å². The van der Waals surface area contributed by atoms with Gasteiger partial charge in [0.15, 0.2) is 0 Å². The number of carbonyl (C=O) groups is 3. The minimum atomic E-state index is -0.421. The Morgan fingerprint density at radius 3 is 2.50 bits per heavy atom. The summed E-state index contributed by atoms with van der Waals surface area (Å²) in [4.78, 5) is 42.5. The molecule has 9 nitrogen and oxygen atoms in total. The molecule has 3 aromatic rings. The maximum absolute atomic E-state index is 12.9. The first-order valence-electron chi connectivity index (χ1n) is 14.4. The van der Waals surface area contributed by atoms with Crippen molar-refractivity contribution in [2.75, 3.05) is 25.0 Å². The van der Waals surface area contributed by atoms with Gasteiger partial charge in [0.1, 0.15) is 0 Å². The number of piperidine rings is 1. The molecule has 40 heavy (non-hydrogen) atoms. The number of fused-ring (bicyclic) bond motifs is 1. The van der Waals surface area contributed by atoms with Crippen LogP contribution in [0.2, 0.25) is 0 Å². The van der Waals surface area contributed by atoms with Gasteiger partial charge in [-0.15, -0.1) is 0 Å². The highest BCUT2D eigenvalue weighted by atomic mass is 16.5. The summed E-state index contributed by atoms with van der Waals surface area (Å²) in [5.74, 6) is -0.144. The van der Waals surface area contributed by atoms with Crippen molar-refractivity contribution < 1.29 is 19.1 Å². The average Bonchev–Trinajstić information content (AvgIpc) is 3.41. The summed E-state index contributed by atoms with van der Waals surface area (Å²) in [5.41, 5.74) is 9.37. The number of rotatable bonds is 8. The van der Waals surface area contributed by atoms with E-state index in [1.165, 1.54) is 16.5 Å². The molecule has 1 unspecified atom stereocenters. The van der Waals surface area contributed by atoms with Crippen LogP contribution in [0.3, 0.4) is 0 Å². The van der Waals surface area contributed by atoms with Crippen LogP contribution in [0.4, 0.5) is 10.5 Å². The number of esters is 1. The highest BCUT2D eigenvalue weighted by molar-refractivity contribution is 5.94. The van der Waals surface area contributed by atoms with E-state index in [0.29, 0.717) is 43.1 Å². The number of para-hydroxylation sites is 1. The Balaban J connectivity index is 1.11. The maximum atomic E-state index is 12.9. The Bertz CT molecular complexity index is 1340. The van der Waals surface area contributed by atoms with Gasteiger partial charge in [-0.05, 0) is 87.1 Å². The quantitative estimate of drug-likeness (QED) is 0.303. The number of nitrogens with one attached hydrogen (secondary N) is 3. The molecule has 3 amide bonds. The van der Waals surface area contributed by atoms with E-state index in [0.717, 1.165) is 25.7 Å². The number of anilines is 1. The SMILES string of the molecule is CCOC(=O)c1cccc(NC(=O)N2CCC(C(NC3CCC(c4c[nH]c5ccccc45)CC3)C(N)=O)CC2)c1. The van der Waals surface area contributed by atoms with Crippen LogP contribution in [0.25, 0.3) is 10.9 Å². The zero-order chi connectivity index (χ0) is 28.1. The van der Waals surface area contributed by atoms with E-state index in [9.17, 15) is 14.4 Å². The highest BCUT2D eigenvalue weighted by Crippen LogP contribution is 2.37. The fourth-order valence-electron chi connectivity index (χ4n) is 6.28. The summed E-state index contributed by atoms with van der Waals surface area (Å²) in [5, 5.41) is 7.77. The van der Waals surface area contributed by atoms with Gasteiger partial charge in [0, 0.05) is 41.9 Å². The molecule has 5 rings (SSSR count). The second-order valence-electron chi connectivity index (χ2n) is 10.9. The van der Waals surface area contributed by atoms with Gasteiger partial charge in [0.25, 0.3) is 0 Å². The molecule has 9 heteroatoms. The van der Waals surface area contributed by atoms with Crippen molar-refractivity contribution in [1.82, 2.24) is 15.2 Å². The molecule has 0 radical (unpaired) electrons. The number of ether oxygens (including phenoxy) is 1. The lowest BCUT2D eigenvalue weighted by molar-refractivity contribution is -0.122. The monoisotopic (exact) mass is 545 g/mol. The van der Waals surface area contributed by atoms with Gasteiger partial charge in [-0.3, -0.25) is 4.79 Å². The van der Waals surface area contributed by atoms with Crippen LogP contribution in [0.15, 0.2) is 54.7 Å². The maximum Gasteiger partial charge on any atom is 0.338 e. The summed E-state index contributed by atoms with van der Waals surface area (Å²) in [6, 6.07) is 14.8. The van der Waals surface area contributed by atoms with Crippen molar-refractivity contribution in [3.8, 4) is 0 Å². The molecule has 2 fully saturated rings. The number of hydrogen-bond donors (Lipinski definition) is 4. The second-order valence-corrected chi connectivity index (χ2v) is 10.9. The summed E-state index contributed by atoms with van der Waals surface area (Å²) >= 11 is 0. The van der Waals surface area contributed by atoms with Crippen molar-refractivity contribution in [2.45, 2.75) is 63.5 Å². The van der Waals surface area contributed by atoms with Crippen LogP contribution >= 0.6 is 0 Å². The molecule has 0 spiro atoms. The van der Waals surface area contributed by atoms with Gasteiger partial charge >= 0.3 is 12.0 Å².